The third-order valence-electron chi connectivity index (χ3n) is 3.90. The van der Waals surface area contributed by atoms with Gasteiger partial charge in [-0.15, -0.1) is 23.5 Å². The van der Waals surface area contributed by atoms with Crippen molar-refractivity contribution in [3.8, 4) is 0 Å². The highest BCUT2D eigenvalue weighted by molar-refractivity contribution is 8.17. The molecule has 0 aliphatic carbocycles. The minimum Gasteiger partial charge on any atom is -0.392 e. The molecule has 0 bridgehead atoms. The molecule has 0 saturated carbocycles. The van der Waals surface area contributed by atoms with E-state index in [1.165, 1.54) is 23.5 Å². The Morgan fingerprint density at radius 1 is 1.19 bits per heavy atom. The van der Waals surface area contributed by atoms with Crippen LogP contribution in [0.25, 0.3) is 0 Å². The van der Waals surface area contributed by atoms with Crippen molar-refractivity contribution < 1.29 is 9.84 Å². The highest BCUT2D eigenvalue weighted by atomic mass is 32.2. The van der Waals surface area contributed by atoms with Gasteiger partial charge in [-0.3, -0.25) is 0 Å². The van der Waals surface area contributed by atoms with Gasteiger partial charge in [0.1, 0.15) is 0 Å². The van der Waals surface area contributed by atoms with Crippen LogP contribution in [0.2, 0.25) is 0 Å². The Kier molecular flexibility index (Phi) is 7.44. The zero-order valence-corrected chi connectivity index (χ0v) is 14.5. The van der Waals surface area contributed by atoms with Crippen molar-refractivity contribution in [1.82, 2.24) is 0 Å². The van der Waals surface area contributed by atoms with Gasteiger partial charge in [-0.05, 0) is 23.5 Å². The highest BCUT2D eigenvalue weighted by Crippen LogP contribution is 2.38. The number of rotatable bonds is 7. The van der Waals surface area contributed by atoms with E-state index in [4.69, 9.17) is 4.74 Å². The average Bonchev–Trinajstić information content (AvgIpc) is 2.55. The van der Waals surface area contributed by atoms with E-state index < -0.39 is 0 Å². The third-order valence-corrected chi connectivity index (χ3v) is 7.28. The molecule has 1 aliphatic heterocycles. The summed E-state index contributed by atoms with van der Waals surface area (Å²) in [6.45, 7) is 5.50. The summed E-state index contributed by atoms with van der Waals surface area (Å²) in [5, 5.41) is 10.5. The van der Waals surface area contributed by atoms with Crippen LogP contribution in [0, 0.1) is 11.8 Å². The van der Waals surface area contributed by atoms with Gasteiger partial charge in [-0.1, -0.05) is 44.2 Å². The molecule has 0 aromatic heterocycles. The second-order valence-electron chi connectivity index (χ2n) is 5.79. The fraction of sp³-hybridized carbons (Fsp3) is 0.647. The SMILES string of the molecule is C[C@@H](COCc1ccccc1)[C@H](O)[C@@H](C)C1SCCCS1. The Morgan fingerprint density at radius 3 is 2.52 bits per heavy atom. The maximum absolute atomic E-state index is 10.5. The van der Waals surface area contributed by atoms with Crippen LogP contribution in [-0.2, 0) is 11.3 Å². The number of benzene rings is 1. The maximum atomic E-state index is 10.5. The molecule has 1 heterocycles. The lowest BCUT2D eigenvalue weighted by atomic mass is 9.95. The van der Waals surface area contributed by atoms with Crippen LogP contribution < -0.4 is 0 Å². The largest absolute Gasteiger partial charge is 0.392 e. The maximum Gasteiger partial charge on any atom is 0.0717 e. The second kappa shape index (κ2) is 9.09. The first-order valence-corrected chi connectivity index (χ1v) is 9.81. The standard InChI is InChI=1S/C17H26O2S2/c1-13(11-19-12-15-7-4-3-5-8-15)16(18)14(2)17-20-9-6-10-21-17/h3-5,7-8,13-14,16-18H,6,9-12H2,1-2H3/t13-,14+,16-/m0/s1. The van der Waals surface area contributed by atoms with E-state index in [9.17, 15) is 5.11 Å². The Hall–Kier alpha value is -0.160. The minimum absolute atomic E-state index is 0.173. The molecule has 0 unspecified atom stereocenters. The lowest BCUT2D eigenvalue weighted by molar-refractivity contribution is 0.00739. The Balaban J connectivity index is 1.72. The molecular weight excluding hydrogens is 300 g/mol. The van der Waals surface area contributed by atoms with Crippen molar-refractivity contribution in [2.75, 3.05) is 18.1 Å². The van der Waals surface area contributed by atoms with Crippen LogP contribution in [0.3, 0.4) is 0 Å². The molecule has 2 nitrogen and oxygen atoms in total. The number of aliphatic hydroxyl groups is 1. The summed E-state index contributed by atoms with van der Waals surface area (Å²) in [5.74, 6) is 2.95. The second-order valence-corrected chi connectivity index (χ2v) is 8.59. The van der Waals surface area contributed by atoms with Gasteiger partial charge in [0, 0.05) is 11.8 Å². The highest BCUT2D eigenvalue weighted by Gasteiger charge is 2.30. The van der Waals surface area contributed by atoms with Crippen molar-refractivity contribution >= 4 is 23.5 Å². The van der Waals surface area contributed by atoms with Crippen LogP contribution in [0.15, 0.2) is 30.3 Å². The molecule has 0 radical (unpaired) electrons. The van der Waals surface area contributed by atoms with E-state index in [1.54, 1.807) is 0 Å². The first-order chi connectivity index (χ1) is 10.2. The molecule has 4 heteroatoms. The first-order valence-electron chi connectivity index (χ1n) is 7.71. The van der Waals surface area contributed by atoms with E-state index >= 15 is 0 Å². The lowest BCUT2D eigenvalue weighted by Gasteiger charge is -2.32. The number of aliphatic hydroxyl groups excluding tert-OH is 1. The predicted molar refractivity (Wildman–Crippen MR) is 93.8 cm³/mol. The average molecular weight is 327 g/mol. The monoisotopic (exact) mass is 326 g/mol. The first kappa shape index (κ1) is 17.2. The zero-order chi connectivity index (χ0) is 15.1. The minimum atomic E-state index is -0.288. The summed E-state index contributed by atoms with van der Waals surface area (Å²) in [5.41, 5.74) is 1.19. The molecule has 3 atom stereocenters. The zero-order valence-electron chi connectivity index (χ0n) is 12.9. The molecule has 0 spiro atoms. The molecule has 21 heavy (non-hydrogen) atoms. The molecule has 1 aromatic rings. The summed E-state index contributed by atoms with van der Waals surface area (Å²) in [6, 6.07) is 10.2. The van der Waals surface area contributed by atoms with E-state index in [0.717, 1.165) is 0 Å². The normalized spacial score (nSPS) is 20.9. The van der Waals surface area contributed by atoms with E-state index in [-0.39, 0.29) is 12.0 Å². The van der Waals surface area contributed by atoms with Gasteiger partial charge in [0.25, 0.3) is 0 Å². The van der Waals surface area contributed by atoms with Crippen molar-refractivity contribution in [2.24, 2.45) is 11.8 Å². The summed E-state index contributed by atoms with van der Waals surface area (Å²) in [6.07, 6.45) is 1.01. The van der Waals surface area contributed by atoms with Crippen LogP contribution in [0.1, 0.15) is 25.8 Å². The molecule has 2 rings (SSSR count). The van der Waals surface area contributed by atoms with Gasteiger partial charge in [0.15, 0.2) is 0 Å². The van der Waals surface area contributed by atoms with Crippen molar-refractivity contribution in [3.05, 3.63) is 35.9 Å². The Morgan fingerprint density at radius 2 is 1.86 bits per heavy atom. The fourth-order valence-electron chi connectivity index (χ4n) is 2.52. The molecular formula is C17H26O2S2. The van der Waals surface area contributed by atoms with Crippen LogP contribution in [0.4, 0.5) is 0 Å². The smallest absolute Gasteiger partial charge is 0.0717 e. The lowest BCUT2D eigenvalue weighted by Crippen LogP contribution is -2.34. The van der Waals surface area contributed by atoms with E-state index in [1.807, 2.05) is 41.7 Å². The summed E-state index contributed by atoms with van der Waals surface area (Å²) < 4.78 is 6.30. The van der Waals surface area contributed by atoms with Crippen LogP contribution in [0.5, 0.6) is 0 Å². The quantitative estimate of drug-likeness (QED) is 0.819. The van der Waals surface area contributed by atoms with Gasteiger partial charge in [0.05, 0.1) is 23.9 Å². The van der Waals surface area contributed by atoms with E-state index in [0.29, 0.717) is 23.7 Å². The Labute approximate surface area is 137 Å². The summed E-state index contributed by atoms with van der Waals surface area (Å²) >= 11 is 4.00. The third kappa shape index (κ3) is 5.51. The predicted octanol–water partition coefficient (Wildman–Crippen LogP) is 4.03. The van der Waals surface area contributed by atoms with Gasteiger partial charge < -0.3 is 9.84 Å². The van der Waals surface area contributed by atoms with Gasteiger partial charge in [0.2, 0.25) is 0 Å². The summed E-state index contributed by atoms with van der Waals surface area (Å²) in [4.78, 5) is 0. The van der Waals surface area contributed by atoms with Crippen molar-refractivity contribution in [1.29, 1.82) is 0 Å². The van der Waals surface area contributed by atoms with E-state index in [2.05, 4.69) is 26.0 Å². The molecule has 1 saturated heterocycles. The van der Waals surface area contributed by atoms with Crippen molar-refractivity contribution in [2.45, 2.75) is 37.6 Å². The number of hydrogen-bond acceptors (Lipinski definition) is 4. The molecule has 1 aliphatic rings. The molecule has 118 valence electrons. The summed E-state index contributed by atoms with van der Waals surface area (Å²) in [7, 11) is 0. The number of hydrogen-bond donors (Lipinski definition) is 1. The molecule has 0 amide bonds. The Bertz CT molecular complexity index is 393. The topological polar surface area (TPSA) is 29.5 Å². The molecule has 1 aromatic carbocycles. The van der Waals surface area contributed by atoms with Gasteiger partial charge >= 0.3 is 0 Å². The van der Waals surface area contributed by atoms with Crippen LogP contribution in [-0.4, -0.2) is 33.9 Å². The van der Waals surface area contributed by atoms with Gasteiger partial charge in [-0.2, -0.15) is 0 Å². The fourth-order valence-corrected chi connectivity index (χ4v) is 5.68. The van der Waals surface area contributed by atoms with Crippen molar-refractivity contribution in [3.63, 3.8) is 0 Å². The van der Waals surface area contributed by atoms with Crippen LogP contribution >= 0.6 is 23.5 Å². The van der Waals surface area contributed by atoms with Gasteiger partial charge in [-0.25, -0.2) is 0 Å². The number of thioether (sulfide) groups is 2. The molecule has 1 fully saturated rings. The number of ether oxygens (including phenoxy) is 1. The molecule has 1 N–H and O–H groups in total.